The SMILES string of the molecule is CCCc1cc(NC2CCCCC2O)ncn1. The molecule has 0 saturated heterocycles. The largest absolute Gasteiger partial charge is 0.391 e. The summed E-state index contributed by atoms with van der Waals surface area (Å²) in [7, 11) is 0. The van der Waals surface area contributed by atoms with Crippen LogP contribution in [0.25, 0.3) is 0 Å². The molecule has 1 aliphatic carbocycles. The van der Waals surface area contributed by atoms with Gasteiger partial charge >= 0.3 is 0 Å². The fourth-order valence-corrected chi connectivity index (χ4v) is 2.34. The van der Waals surface area contributed by atoms with E-state index in [0.717, 1.165) is 43.6 Å². The molecule has 1 aromatic rings. The van der Waals surface area contributed by atoms with Gasteiger partial charge in [-0.25, -0.2) is 9.97 Å². The van der Waals surface area contributed by atoms with E-state index in [2.05, 4.69) is 22.2 Å². The highest BCUT2D eigenvalue weighted by Gasteiger charge is 2.22. The summed E-state index contributed by atoms with van der Waals surface area (Å²) >= 11 is 0. The lowest BCUT2D eigenvalue weighted by atomic mass is 9.92. The van der Waals surface area contributed by atoms with Gasteiger partial charge in [0.05, 0.1) is 12.1 Å². The molecule has 4 heteroatoms. The molecule has 0 amide bonds. The Morgan fingerprint density at radius 3 is 2.94 bits per heavy atom. The Kier molecular flexibility index (Phi) is 4.31. The number of rotatable bonds is 4. The Balaban J connectivity index is 1.99. The van der Waals surface area contributed by atoms with Gasteiger partial charge < -0.3 is 10.4 Å². The van der Waals surface area contributed by atoms with Crippen molar-refractivity contribution in [3.05, 3.63) is 18.1 Å². The van der Waals surface area contributed by atoms with Crippen molar-refractivity contribution in [1.29, 1.82) is 0 Å². The summed E-state index contributed by atoms with van der Waals surface area (Å²) in [6, 6.07) is 2.14. The maximum atomic E-state index is 9.90. The smallest absolute Gasteiger partial charge is 0.129 e. The molecule has 0 spiro atoms. The lowest BCUT2D eigenvalue weighted by Gasteiger charge is -2.28. The van der Waals surface area contributed by atoms with Crippen molar-refractivity contribution in [3.63, 3.8) is 0 Å². The van der Waals surface area contributed by atoms with Crippen LogP contribution in [-0.4, -0.2) is 27.2 Å². The number of hydrogen-bond donors (Lipinski definition) is 2. The van der Waals surface area contributed by atoms with Crippen LogP contribution in [-0.2, 0) is 6.42 Å². The van der Waals surface area contributed by atoms with Crippen LogP contribution in [0.3, 0.4) is 0 Å². The predicted molar refractivity (Wildman–Crippen MR) is 67.9 cm³/mol. The molecule has 17 heavy (non-hydrogen) atoms. The van der Waals surface area contributed by atoms with E-state index in [9.17, 15) is 5.11 Å². The topological polar surface area (TPSA) is 58.0 Å². The first kappa shape index (κ1) is 12.3. The Morgan fingerprint density at radius 2 is 2.18 bits per heavy atom. The number of nitrogens with one attached hydrogen (secondary N) is 1. The molecule has 1 heterocycles. The third kappa shape index (κ3) is 3.40. The van der Waals surface area contributed by atoms with Crippen LogP contribution in [0.2, 0.25) is 0 Å². The third-order valence-electron chi connectivity index (χ3n) is 3.29. The van der Waals surface area contributed by atoms with E-state index < -0.39 is 0 Å². The van der Waals surface area contributed by atoms with E-state index in [-0.39, 0.29) is 12.1 Å². The zero-order chi connectivity index (χ0) is 12.1. The molecule has 0 radical (unpaired) electrons. The van der Waals surface area contributed by atoms with Crippen molar-refractivity contribution >= 4 is 5.82 Å². The second kappa shape index (κ2) is 5.96. The molecular formula is C13H21N3O. The highest BCUT2D eigenvalue weighted by Crippen LogP contribution is 2.21. The van der Waals surface area contributed by atoms with E-state index in [1.807, 2.05) is 6.07 Å². The van der Waals surface area contributed by atoms with E-state index in [4.69, 9.17) is 0 Å². The first-order chi connectivity index (χ1) is 8.29. The molecule has 94 valence electrons. The van der Waals surface area contributed by atoms with Gasteiger partial charge in [-0.15, -0.1) is 0 Å². The normalized spacial score (nSPS) is 24.6. The Hall–Kier alpha value is -1.16. The Morgan fingerprint density at radius 1 is 1.35 bits per heavy atom. The molecule has 2 N–H and O–H groups in total. The molecule has 0 bridgehead atoms. The molecule has 4 nitrogen and oxygen atoms in total. The molecule has 0 aliphatic heterocycles. The Bertz CT molecular complexity index is 356. The first-order valence-electron chi connectivity index (χ1n) is 6.55. The van der Waals surface area contributed by atoms with Gasteiger partial charge in [-0.1, -0.05) is 26.2 Å². The quantitative estimate of drug-likeness (QED) is 0.839. The molecule has 2 unspecified atom stereocenters. The number of aromatic nitrogens is 2. The summed E-state index contributed by atoms with van der Waals surface area (Å²) in [4.78, 5) is 8.44. The van der Waals surface area contributed by atoms with E-state index >= 15 is 0 Å². The number of aryl methyl sites for hydroxylation is 1. The van der Waals surface area contributed by atoms with Crippen molar-refractivity contribution in [2.75, 3.05) is 5.32 Å². The summed E-state index contributed by atoms with van der Waals surface area (Å²) in [6.07, 6.45) is 7.65. The summed E-state index contributed by atoms with van der Waals surface area (Å²) in [6.45, 7) is 2.14. The molecule has 2 rings (SSSR count). The van der Waals surface area contributed by atoms with Gasteiger partial charge in [0.2, 0.25) is 0 Å². The highest BCUT2D eigenvalue weighted by atomic mass is 16.3. The molecule has 1 aliphatic rings. The molecule has 1 fully saturated rings. The lowest BCUT2D eigenvalue weighted by molar-refractivity contribution is 0.116. The van der Waals surface area contributed by atoms with Gasteiger partial charge in [0.15, 0.2) is 0 Å². The second-order valence-electron chi connectivity index (χ2n) is 4.75. The minimum absolute atomic E-state index is 0.146. The highest BCUT2D eigenvalue weighted by molar-refractivity contribution is 5.36. The van der Waals surface area contributed by atoms with Crippen LogP contribution >= 0.6 is 0 Å². The van der Waals surface area contributed by atoms with Crippen LogP contribution in [0, 0.1) is 0 Å². The number of aliphatic hydroxyl groups is 1. The minimum Gasteiger partial charge on any atom is -0.391 e. The molecule has 1 saturated carbocycles. The Labute approximate surface area is 102 Å². The molecular weight excluding hydrogens is 214 g/mol. The molecule has 1 aromatic heterocycles. The van der Waals surface area contributed by atoms with Crippen molar-refractivity contribution in [2.24, 2.45) is 0 Å². The van der Waals surface area contributed by atoms with Gasteiger partial charge in [-0.3, -0.25) is 0 Å². The maximum absolute atomic E-state index is 9.90. The summed E-state index contributed by atoms with van der Waals surface area (Å²) < 4.78 is 0. The standard InChI is InChI=1S/C13H21N3O/c1-2-5-10-8-13(15-9-14-10)16-11-6-3-4-7-12(11)17/h8-9,11-12,17H,2-7H2,1H3,(H,14,15,16). The third-order valence-corrected chi connectivity index (χ3v) is 3.29. The van der Waals surface area contributed by atoms with E-state index in [1.54, 1.807) is 6.33 Å². The van der Waals surface area contributed by atoms with Gasteiger partial charge in [0, 0.05) is 11.8 Å². The number of anilines is 1. The van der Waals surface area contributed by atoms with Gasteiger partial charge in [0.1, 0.15) is 12.1 Å². The number of hydrogen-bond acceptors (Lipinski definition) is 4. The summed E-state index contributed by atoms with van der Waals surface area (Å²) in [5.41, 5.74) is 1.07. The van der Waals surface area contributed by atoms with Gasteiger partial charge in [-0.2, -0.15) is 0 Å². The van der Waals surface area contributed by atoms with Gasteiger partial charge in [-0.05, 0) is 19.3 Å². The average molecular weight is 235 g/mol. The van der Waals surface area contributed by atoms with Crippen molar-refractivity contribution in [3.8, 4) is 0 Å². The molecule has 0 aromatic carbocycles. The average Bonchev–Trinajstić information content (AvgIpc) is 2.33. The zero-order valence-electron chi connectivity index (χ0n) is 10.4. The van der Waals surface area contributed by atoms with Gasteiger partial charge in [0.25, 0.3) is 0 Å². The summed E-state index contributed by atoms with van der Waals surface area (Å²) in [5, 5.41) is 13.2. The van der Waals surface area contributed by atoms with E-state index in [0.29, 0.717) is 0 Å². The number of nitrogens with zero attached hydrogens (tertiary/aromatic N) is 2. The van der Waals surface area contributed by atoms with Crippen molar-refractivity contribution < 1.29 is 5.11 Å². The maximum Gasteiger partial charge on any atom is 0.129 e. The van der Waals surface area contributed by atoms with Crippen LogP contribution in [0.5, 0.6) is 0 Å². The monoisotopic (exact) mass is 235 g/mol. The summed E-state index contributed by atoms with van der Waals surface area (Å²) in [5.74, 6) is 0.842. The van der Waals surface area contributed by atoms with Crippen molar-refractivity contribution in [2.45, 2.75) is 57.6 Å². The van der Waals surface area contributed by atoms with Crippen LogP contribution in [0.15, 0.2) is 12.4 Å². The van der Waals surface area contributed by atoms with Crippen LogP contribution in [0.4, 0.5) is 5.82 Å². The van der Waals surface area contributed by atoms with Crippen LogP contribution in [0.1, 0.15) is 44.7 Å². The van der Waals surface area contributed by atoms with Crippen LogP contribution < -0.4 is 5.32 Å². The predicted octanol–water partition coefficient (Wildman–Crippen LogP) is 2.14. The lowest BCUT2D eigenvalue weighted by Crippen LogP contribution is -2.36. The molecule has 2 atom stereocenters. The first-order valence-corrected chi connectivity index (χ1v) is 6.55. The fourth-order valence-electron chi connectivity index (χ4n) is 2.34. The van der Waals surface area contributed by atoms with E-state index in [1.165, 1.54) is 6.42 Å². The van der Waals surface area contributed by atoms with Crippen molar-refractivity contribution in [1.82, 2.24) is 9.97 Å². The second-order valence-corrected chi connectivity index (χ2v) is 4.75. The fraction of sp³-hybridized carbons (Fsp3) is 0.692. The minimum atomic E-state index is -0.242. The zero-order valence-corrected chi connectivity index (χ0v) is 10.4. The number of aliphatic hydroxyl groups excluding tert-OH is 1.